The lowest BCUT2D eigenvalue weighted by atomic mass is 9.84. The second kappa shape index (κ2) is 5.89. The molecule has 0 aromatic rings. The highest BCUT2D eigenvalue weighted by molar-refractivity contribution is 8.16. The molecule has 5 nitrogen and oxygen atoms in total. The zero-order valence-electron chi connectivity index (χ0n) is 15.7. The van der Waals surface area contributed by atoms with Gasteiger partial charge in [0.2, 0.25) is 11.8 Å². The van der Waals surface area contributed by atoms with Gasteiger partial charge >= 0.3 is 6.18 Å². The molecule has 2 heterocycles. The molecule has 0 radical (unpaired) electrons. The van der Waals surface area contributed by atoms with Crippen molar-refractivity contribution in [3.8, 4) is 0 Å². The molecule has 5 aliphatic rings. The second-order valence-corrected chi connectivity index (χ2v) is 10.7. The van der Waals surface area contributed by atoms with Gasteiger partial charge in [0.05, 0.1) is 6.04 Å². The van der Waals surface area contributed by atoms with Gasteiger partial charge in [-0.15, -0.1) is 0 Å². The molecule has 154 valence electrons. The van der Waals surface area contributed by atoms with Gasteiger partial charge in [0.1, 0.15) is 11.2 Å². The van der Waals surface area contributed by atoms with E-state index in [0.717, 1.165) is 12.3 Å². The Kier molecular flexibility index (Phi) is 3.95. The highest BCUT2D eigenvalue weighted by Gasteiger charge is 2.77. The Hall–Kier alpha value is -1.25. The molecule has 28 heavy (non-hydrogen) atoms. The van der Waals surface area contributed by atoms with Crippen molar-refractivity contribution in [3.05, 3.63) is 0 Å². The minimum Gasteiger partial charge on any atom is -0.342 e. The number of alkyl halides is 3. The monoisotopic (exact) mass is 415 g/mol. The van der Waals surface area contributed by atoms with Gasteiger partial charge in [-0.1, -0.05) is 11.8 Å². The van der Waals surface area contributed by atoms with E-state index in [-0.39, 0.29) is 24.9 Å². The summed E-state index contributed by atoms with van der Waals surface area (Å²) in [5, 5.41) is 3.65. The molecule has 0 aromatic carbocycles. The van der Waals surface area contributed by atoms with Gasteiger partial charge in [0, 0.05) is 13.1 Å². The van der Waals surface area contributed by atoms with Crippen molar-refractivity contribution >= 4 is 28.7 Å². The minimum atomic E-state index is -4.48. The molecule has 5 fully saturated rings. The Morgan fingerprint density at radius 2 is 2.00 bits per heavy atom. The van der Waals surface area contributed by atoms with Gasteiger partial charge in [-0.2, -0.15) is 13.2 Å². The Morgan fingerprint density at radius 1 is 1.29 bits per heavy atom. The van der Waals surface area contributed by atoms with Crippen molar-refractivity contribution in [1.82, 2.24) is 10.2 Å². The first-order chi connectivity index (χ1) is 13.1. The quantitative estimate of drug-likeness (QED) is 0.771. The van der Waals surface area contributed by atoms with Crippen molar-refractivity contribution < 1.29 is 22.8 Å². The van der Waals surface area contributed by atoms with E-state index in [2.05, 4.69) is 5.32 Å². The summed E-state index contributed by atoms with van der Waals surface area (Å²) in [6, 6.07) is 0.339. The van der Waals surface area contributed by atoms with Crippen LogP contribution in [0.5, 0.6) is 0 Å². The van der Waals surface area contributed by atoms with Gasteiger partial charge in [0.15, 0.2) is 5.17 Å². The van der Waals surface area contributed by atoms with Gasteiger partial charge < -0.3 is 10.2 Å². The van der Waals surface area contributed by atoms with Crippen molar-refractivity contribution in [1.29, 1.82) is 0 Å². The molecule has 2 aliphatic heterocycles. The van der Waals surface area contributed by atoms with E-state index in [0.29, 0.717) is 35.4 Å². The Labute approximate surface area is 165 Å². The summed E-state index contributed by atoms with van der Waals surface area (Å²) in [6.45, 7) is 2.44. The molecule has 0 aromatic heterocycles. The number of amides is 2. The summed E-state index contributed by atoms with van der Waals surface area (Å²) in [6.07, 6.45) is -1.03. The van der Waals surface area contributed by atoms with E-state index in [1.807, 2.05) is 6.92 Å². The summed E-state index contributed by atoms with van der Waals surface area (Å²) >= 11 is 1.47. The zero-order valence-corrected chi connectivity index (χ0v) is 16.5. The summed E-state index contributed by atoms with van der Waals surface area (Å²) in [4.78, 5) is 30.6. The Morgan fingerprint density at radius 3 is 2.57 bits per heavy atom. The lowest BCUT2D eigenvalue weighted by molar-refractivity contribution is -0.162. The van der Waals surface area contributed by atoms with Gasteiger partial charge in [-0.3, -0.25) is 14.6 Å². The smallest absolute Gasteiger partial charge is 0.342 e. The van der Waals surface area contributed by atoms with Crippen molar-refractivity contribution in [3.63, 3.8) is 0 Å². The summed E-state index contributed by atoms with van der Waals surface area (Å²) in [5.41, 5.74) is 0.612. The van der Waals surface area contributed by atoms with Crippen LogP contribution in [0.4, 0.5) is 13.2 Å². The molecule has 9 heteroatoms. The molecule has 0 bridgehead atoms. The highest BCUT2D eigenvalue weighted by atomic mass is 32.2. The number of aliphatic imine (C=N–C) groups is 1. The van der Waals surface area contributed by atoms with Gasteiger partial charge in [-0.05, 0) is 62.2 Å². The number of rotatable bonds is 3. The summed E-state index contributed by atoms with van der Waals surface area (Å²) in [5.74, 6) is 0.630. The maximum absolute atomic E-state index is 12.7. The number of carbonyl (C=O) groups is 2. The lowest BCUT2D eigenvalue weighted by Gasteiger charge is -2.38. The van der Waals surface area contributed by atoms with Gasteiger partial charge in [-0.25, -0.2) is 0 Å². The number of carbonyl (C=O) groups excluding carboxylic acids is 2. The zero-order chi connectivity index (χ0) is 19.9. The SMILES string of the molecule is CC1(C2CCN(C(=O)CC(F)(F)F)CC2)SC(=N[C@H]2C[C@@H]3CC34CC24)NC1=O. The maximum atomic E-state index is 12.7. The van der Waals surface area contributed by atoms with Crippen molar-refractivity contribution in [2.75, 3.05) is 13.1 Å². The Bertz CT molecular complexity index is 764. The third-order valence-electron chi connectivity index (χ3n) is 7.69. The van der Waals surface area contributed by atoms with E-state index in [1.54, 1.807) is 0 Å². The fourth-order valence-corrected chi connectivity index (χ4v) is 7.10. The molecule has 3 aliphatic carbocycles. The van der Waals surface area contributed by atoms with Crippen LogP contribution in [0.2, 0.25) is 0 Å². The lowest BCUT2D eigenvalue weighted by Crippen LogP contribution is -2.48. The second-order valence-electron chi connectivity index (χ2n) is 9.29. The van der Waals surface area contributed by atoms with Crippen LogP contribution in [0, 0.1) is 23.2 Å². The number of amidine groups is 1. The predicted octanol–water partition coefficient (Wildman–Crippen LogP) is 2.95. The number of thioether (sulfide) groups is 1. The Balaban J connectivity index is 1.19. The molecule has 1 spiro atoms. The van der Waals surface area contributed by atoms with Crippen LogP contribution in [-0.4, -0.2) is 51.9 Å². The largest absolute Gasteiger partial charge is 0.397 e. The van der Waals surface area contributed by atoms with Crippen LogP contribution in [-0.2, 0) is 9.59 Å². The highest BCUT2D eigenvalue weighted by Crippen LogP contribution is 2.82. The van der Waals surface area contributed by atoms with Crippen LogP contribution in [0.25, 0.3) is 0 Å². The molecule has 3 unspecified atom stereocenters. The number of nitrogens with zero attached hydrogens (tertiary/aromatic N) is 2. The molecule has 2 saturated heterocycles. The third kappa shape index (κ3) is 2.95. The van der Waals surface area contributed by atoms with Crippen LogP contribution in [0.3, 0.4) is 0 Å². The predicted molar refractivity (Wildman–Crippen MR) is 98.6 cm³/mol. The third-order valence-corrected chi connectivity index (χ3v) is 9.03. The molecular weight excluding hydrogens is 391 g/mol. The standard InChI is InChI=1S/C19H24F3N3O2S/c1-17(10-2-4-25(5-3-10)14(26)9-19(20,21)22)15(27)24-16(28-17)23-13-6-11-7-18(11)8-12(13)18/h10-13H,2-9H2,1H3,(H,23,24,27)/t11-,12?,13+,17?,18?/m1/s1. The number of nitrogens with one attached hydrogen (secondary N) is 1. The molecule has 5 rings (SSSR count). The van der Waals surface area contributed by atoms with Crippen LogP contribution in [0.1, 0.15) is 45.4 Å². The van der Waals surface area contributed by atoms with E-state index in [1.165, 1.54) is 29.5 Å². The van der Waals surface area contributed by atoms with E-state index >= 15 is 0 Å². The average molecular weight is 415 g/mol. The topological polar surface area (TPSA) is 61.8 Å². The number of piperidine rings is 1. The van der Waals surface area contributed by atoms with Crippen LogP contribution < -0.4 is 5.32 Å². The fraction of sp³-hybridized carbons (Fsp3) is 0.842. The van der Waals surface area contributed by atoms with Crippen LogP contribution in [0.15, 0.2) is 4.99 Å². The minimum absolute atomic E-state index is 0.0179. The normalized spacial score (nSPS) is 43.7. The summed E-state index contributed by atoms with van der Waals surface area (Å²) in [7, 11) is 0. The summed E-state index contributed by atoms with van der Waals surface area (Å²) < 4.78 is 36.7. The molecule has 5 atom stereocenters. The first-order valence-electron chi connectivity index (χ1n) is 10.0. The first-order valence-corrected chi connectivity index (χ1v) is 10.9. The fourth-order valence-electron chi connectivity index (χ4n) is 5.83. The first kappa shape index (κ1) is 18.8. The number of halogens is 3. The number of likely N-dealkylation sites (tertiary alicyclic amines) is 1. The van der Waals surface area contributed by atoms with E-state index < -0.39 is 23.3 Å². The molecule has 2 amide bonds. The average Bonchev–Trinajstić information content (AvgIpc) is 3.46. The maximum Gasteiger partial charge on any atom is 0.397 e. The van der Waals surface area contributed by atoms with Crippen molar-refractivity contribution in [2.24, 2.45) is 28.2 Å². The number of hydrogen-bond donors (Lipinski definition) is 1. The molecule has 1 N–H and O–H groups in total. The molecule has 3 saturated carbocycles. The van der Waals surface area contributed by atoms with Crippen LogP contribution >= 0.6 is 11.8 Å². The van der Waals surface area contributed by atoms with E-state index in [9.17, 15) is 22.8 Å². The van der Waals surface area contributed by atoms with E-state index in [4.69, 9.17) is 4.99 Å². The number of hydrogen-bond acceptors (Lipinski definition) is 4. The molecular formula is C19H24F3N3O2S. The van der Waals surface area contributed by atoms with Gasteiger partial charge in [0.25, 0.3) is 0 Å². The van der Waals surface area contributed by atoms with Crippen molar-refractivity contribution in [2.45, 2.75) is 62.4 Å².